The molecule has 5 nitrogen and oxygen atoms in total. The Kier molecular flexibility index (Phi) is 3.81. The maximum Gasteiger partial charge on any atom is 0.224 e. The van der Waals surface area contributed by atoms with E-state index in [9.17, 15) is 0 Å². The van der Waals surface area contributed by atoms with E-state index < -0.39 is 0 Å². The molecular formula is C10H11Cl2N5. The number of nitrogens with zero attached hydrogens (tertiary/aromatic N) is 3. The Bertz CT molecular complexity index is 498. The standard InChI is InChI=1S/C10H11Cl2N5/c1-6-8(11)9(17-10(12)16-6)13-3-2-7-4-14-15-5-7/h4-5H,2-3H2,1H3,(H,14,15)(H,13,16,17). The molecule has 90 valence electrons. The largest absolute Gasteiger partial charge is 0.368 e. The highest BCUT2D eigenvalue weighted by atomic mass is 35.5. The van der Waals surface area contributed by atoms with Crippen molar-refractivity contribution in [3.63, 3.8) is 0 Å². The topological polar surface area (TPSA) is 66.5 Å². The molecule has 0 aliphatic rings. The third-order valence-corrected chi connectivity index (χ3v) is 2.87. The quantitative estimate of drug-likeness (QED) is 0.839. The summed E-state index contributed by atoms with van der Waals surface area (Å²) < 4.78 is 0. The van der Waals surface area contributed by atoms with E-state index in [1.807, 2.05) is 6.20 Å². The minimum atomic E-state index is 0.192. The fourth-order valence-corrected chi connectivity index (χ4v) is 1.74. The fourth-order valence-electron chi connectivity index (χ4n) is 1.38. The van der Waals surface area contributed by atoms with Crippen molar-refractivity contribution in [2.45, 2.75) is 13.3 Å². The second kappa shape index (κ2) is 5.33. The van der Waals surface area contributed by atoms with E-state index in [0.29, 0.717) is 23.1 Å². The molecule has 0 radical (unpaired) electrons. The molecule has 0 bridgehead atoms. The Hall–Kier alpha value is -1.33. The van der Waals surface area contributed by atoms with Gasteiger partial charge in [-0.05, 0) is 30.5 Å². The van der Waals surface area contributed by atoms with Crippen LogP contribution in [0.2, 0.25) is 10.3 Å². The summed E-state index contributed by atoms with van der Waals surface area (Å²) in [6, 6.07) is 0. The second-order valence-corrected chi connectivity index (χ2v) is 4.24. The number of aromatic amines is 1. The zero-order valence-electron chi connectivity index (χ0n) is 9.17. The van der Waals surface area contributed by atoms with Gasteiger partial charge in [0.1, 0.15) is 10.8 Å². The van der Waals surface area contributed by atoms with Crippen LogP contribution in [0.5, 0.6) is 0 Å². The summed E-state index contributed by atoms with van der Waals surface area (Å²) in [6.45, 7) is 2.49. The van der Waals surface area contributed by atoms with Crippen LogP contribution in [-0.4, -0.2) is 26.7 Å². The van der Waals surface area contributed by atoms with E-state index in [4.69, 9.17) is 23.2 Å². The molecule has 0 aliphatic heterocycles. The molecule has 17 heavy (non-hydrogen) atoms. The highest BCUT2D eigenvalue weighted by Gasteiger charge is 2.08. The molecule has 0 saturated heterocycles. The average molecular weight is 272 g/mol. The van der Waals surface area contributed by atoms with Gasteiger partial charge in [0.05, 0.1) is 11.9 Å². The highest BCUT2D eigenvalue weighted by molar-refractivity contribution is 6.34. The van der Waals surface area contributed by atoms with Gasteiger partial charge in [0.25, 0.3) is 0 Å². The first kappa shape index (κ1) is 12.1. The second-order valence-electron chi connectivity index (χ2n) is 3.52. The van der Waals surface area contributed by atoms with Crippen LogP contribution in [0.15, 0.2) is 12.4 Å². The van der Waals surface area contributed by atoms with Crippen LogP contribution in [0.25, 0.3) is 0 Å². The molecule has 0 atom stereocenters. The summed E-state index contributed by atoms with van der Waals surface area (Å²) in [5.74, 6) is 0.563. The van der Waals surface area contributed by atoms with Crippen LogP contribution in [-0.2, 0) is 6.42 Å². The van der Waals surface area contributed by atoms with Gasteiger partial charge in [-0.2, -0.15) is 10.1 Å². The van der Waals surface area contributed by atoms with Gasteiger partial charge in [0, 0.05) is 12.7 Å². The first-order valence-electron chi connectivity index (χ1n) is 5.08. The first-order valence-corrected chi connectivity index (χ1v) is 5.83. The van der Waals surface area contributed by atoms with E-state index in [-0.39, 0.29) is 5.28 Å². The van der Waals surface area contributed by atoms with Crippen LogP contribution >= 0.6 is 23.2 Å². The maximum atomic E-state index is 6.06. The summed E-state index contributed by atoms with van der Waals surface area (Å²) in [7, 11) is 0. The smallest absolute Gasteiger partial charge is 0.224 e. The molecule has 0 aromatic carbocycles. The minimum absolute atomic E-state index is 0.192. The molecule has 0 fully saturated rings. The number of nitrogens with one attached hydrogen (secondary N) is 2. The van der Waals surface area contributed by atoms with Crippen LogP contribution in [0.1, 0.15) is 11.3 Å². The normalized spacial score (nSPS) is 10.5. The van der Waals surface area contributed by atoms with Gasteiger partial charge in [-0.1, -0.05) is 11.6 Å². The predicted octanol–water partition coefficient (Wildman–Crippen LogP) is 2.47. The molecule has 0 spiro atoms. The van der Waals surface area contributed by atoms with Gasteiger partial charge in [0.15, 0.2) is 0 Å². The minimum Gasteiger partial charge on any atom is -0.368 e. The Morgan fingerprint density at radius 3 is 2.88 bits per heavy atom. The van der Waals surface area contributed by atoms with Gasteiger partial charge in [-0.25, -0.2) is 4.98 Å². The van der Waals surface area contributed by atoms with Crippen molar-refractivity contribution >= 4 is 29.0 Å². The molecular weight excluding hydrogens is 261 g/mol. The first-order chi connectivity index (χ1) is 8.16. The van der Waals surface area contributed by atoms with Gasteiger partial charge < -0.3 is 5.32 Å². The van der Waals surface area contributed by atoms with Crippen molar-refractivity contribution in [1.29, 1.82) is 0 Å². The van der Waals surface area contributed by atoms with E-state index >= 15 is 0 Å². The van der Waals surface area contributed by atoms with Crippen molar-refractivity contribution in [1.82, 2.24) is 20.2 Å². The number of hydrogen-bond acceptors (Lipinski definition) is 4. The SMILES string of the molecule is Cc1nc(Cl)nc(NCCc2cn[nH]c2)c1Cl. The average Bonchev–Trinajstić information content (AvgIpc) is 2.78. The molecule has 0 amide bonds. The third-order valence-electron chi connectivity index (χ3n) is 2.25. The number of aryl methyl sites for hydroxylation is 1. The zero-order valence-corrected chi connectivity index (χ0v) is 10.7. The van der Waals surface area contributed by atoms with E-state index in [2.05, 4.69) is 25.5 Å². The van der Waals surface area contributed by atoms with E-state index in [1.165, 1.54) is 0 Å². The number of halogens is 2. The molecule has 7 heteroatoms. The van der Waals surface area contributed by atoms with Crippen LogP contribution < -0.4 is 5.32 Å². The number of anilines is 1. The molecule has 2 aromatic heterocycles. The number of aromatic nitrogens is 4. The number of H-pyrrole nitrogens is 1. The summed E-state index contributed by atoms with van der Waals surface area (Å²) in [6.07, 6.45) is 4.45. The maximum absolute atomic E-state index is 6.06. The Morgan fingerprint density at radius 2 is 2.18 bits per heavy atom. The zero-order chi connectivity index (χ0) is 12.3. The Balaban J connectivity index is 1.99. The summed E-state index contributed by atoms with van der Waals surface area (Å²) >= 11 is 11.8. The van der Waals surface area contributed by atoms with E-state index in [1.54, 1.807) is 13.1 Å². The van der Waals surface area contributed by atoms with Crippen molar-refractivity contribution in [3.8, 4) is 0 Å². The number of rotatable bonds is 4. The molecule has 2 heterocycles. The van der Waals surface area contributed by atoms with Crippen molar-refractivity contribution in [3.05, 3.63) is 34.0 Å². The van der Waals surface area contributed by atoms with Gasteiger partial charge in [-0.15, -0.1) is 0 Å². The van der Waals surface area contributed by atoms with Crippen molar-refractivity contribution < 1.29 is 0 Å². The van der Waals surface area contributed by atoms with Crippen LogP contribution in [0.3, 0.4) is 0 Å². The summed E-state index contributed by atoms with van der Waals surface area (Å²) in [5.41, 5.74) is 1.78. The lowest BCUT2D eigenvalue weighted by Crippen LogP contribution is -2.07. The van der Waals surface area contributed by atoms with Gasteiger partial charge in [0.2, 0.25) is 5.28 Å². The lowest BCUT2D eigenvalue weighted by Gasteiger charge is -2.08. The highest BCUT2D eigenvalue weighted by Crippen LogP contribution is 2.23. The lowest BCUT2D eigenvalue weighted by atomic mass is 10.2. The van der Waals surface area contributed by atoms with Gasteiger partial charge >= 0.3 is 0 Å². The van der Waals surface area contributed by atoms with Crippen molar-refractivity contribution in [2.24, 2.45) is 0 Å². The van der Waals surface area contributed by atoms with E-state index in [0.717, 1.165) is 12.0 Å². The Labute approximate surface area is 109 Å². The molecule has 2 N–H and O–H groups in total. The molecule has 0 aliphatic carbocycles. The van der Waals surface area contributed by atoms with Crippen LogP contribution in [0.4, 0.5) is 5.82 Å². The molecule has 0 unspecified atom stereocenters. The lowest BCUT2D eigenvalue weighted by molar-refractivity contribution is 0.994. The fraction of sp³-hybridized carbons (Fsp3) is 0.300. The van der Waals surface area contributed by atoms with Gasteiger partial charge in [-0.3, -0.25) is 5.10 Å². The van der Waals surface area contributed by atoms with Crippen LogP contribution in [0, 0.1) is 6.92 Å². The summed E-state index contributed by atoms with van der Waals surface area (Å²) in [5, 5.41) is 10.4. The van der Waals surface area contributed by atoms with Crippen molar-refractivity contribution in [2.75, 3.05) is 11.9 Å². The monoisotopic (exact) mass is 271 g/mol. The predicted molar refractivity (Wildman–Crippen MR) is 67.6 cm³/mol. The summed E-state index contributed by atoms with van der Waals surface area (Å²) in [4.78, 5) is 8.00. The molecule has 2 aromatic rings. The Morgan fingerprint density at radius 1 is 1.35 bits per heavy atom. The molecule has 2 rings (SSSR count). The molecule has 0 saturated carbocycles. The number of hydrogen-bond donors (Lipinski definition) is 2. The third kappa shape index (κ3) is 3.08.